The lowest BCUT2D eigenvalue weighted by atomic mass is 10.0. The Morgan fingerprint density at radius 1 is 1.11 bits per heavy atom. The summed E-state index contributed by atoms with van der Waals surface area (Å²) in [4.78, 5) is 20.3. The molecule has 3 heterocycles. The highest BCUT2D eigenvalue weighted by molar-refractivity contribution is 9.10. The fraction of sp³-hybridized carbons (Fsp3) is 0.286. The van der Waals surface area contributed by atoms with Gasteiger partial charge in [-0.3, -0.25) is 9.69 Å². The normalized spacial score (nSPS) is 18.0. The van der Waals surface area contributed by atoms with Crippen LogP contribution in [-0.2, 0) is 27.7 Å². The Balaban J connectivity index is 1.26. The van der Waals surface area contributed by atoms with E-state index in [9.17, 15) is 13.2 Å². The third-order valence-corrected chi connectivity index (χ3v) is 10.5. The summed E-state index contributed by atoms with van der Waals surface area (Å²) in [5.41, 5.74) is 3.45. The lowest BCUT2D eigenvalue weighted by molar-refractivity contribution is 0.0917. The van der Waals surface area contributed by atoms with Gasteiger partial charge >= 0.3 is 0 Å². The maximum atomic E-state index is 13.7. The molecule has 10 heteroatoms. The molecule has 0 N–H and O–H groups in total. The van der Waals surface area contributed by atoms with Crippen molar-refractivity contribution in [1.29, 1.82) is 0 Å². The number of anilines is 1. The minimum atomic E-state index is -3.69. The zero-order valence-electron chi connectivity index (χ0n) is 20.5. The molecule has 1 atom stereocenters. The summed E-state index contributed by atoms with van der Waals surface area (Å²) in [6.07, 6.45) is 2.48. The van der Waals surface area contributed by atoms with Crippen molar-refractivity contribution < 1.29 is 17.9 Å². The molecular weight excluding hydrogens is 586 g/mol. The van der Waals surface area contributed by atoms with Crippen LogP contribution < -0.4 is 4.90 Å². The van der Waals surface area contributed by atoms with Gasteiger partial charge in [0.15, 0.2) is 5.13 Å². The third kappa shape index (κ3) is 5.03. The van der Waals surface area contributed by atoms with E-state index in [-0.39, 0.29) is 16.9 Å². The van der Waals surface area contributed by atoms with Gasteiger partial charge in [0.2, 0.25) is 10.0 Å². The molecule has 1 amide bonds. The number of hydrogen-bond donors (Lipinski definition) is 0. The Morgan fingerprint density at radius 2 is 1.89 bits per heavy atom. The molecule has 2 aliphatic heterocycles. The smallest absolute Gasteiger partial charge is 0.260 e. The average Bonchev–Trinajstić information content (AvgIpc) is 3.60. The molecule has 1 unspecified atom stereocenters. The van der Waals surface area contributed by atoms with E-state index in [1.807, 2.05) is 42.5 Å². The number of benzene rings is 3. The first-order valence-corrected chi connectivity index (χ1v) is 15.6. The van der Waals surface area contributed by atoms with E-state index in [2.05, 4.69) is 15.9 Å². The number of hydrogen-bond acceptors (Lipinski definition) is 6. The average molecular weight is 613 g/mol. The van der Waals surface area contributed by atoms with Crippen molar-refractivity contribution in [3.05, 3.63) is 87.9 Å². The number of carbonyl (C=O) groups is 1. The Morgan fingerprint density at radius 3 is 2.66 bits per heavy atom. The molecule has 38 heavy (non-hydrogen) atoms. The number of sulfonamides is 1. The fourth-order valence-electron chi connectivity index (χ4n) is 4.99. The summed E-state index contributed by atoms with van der Waals surface area (Å²) in [6.45, 7) is 1.87. The summed E-state index contributed by atoms with van der Waals surface area (Å²) in [5.74, 6) is -0.227. The zero-order chi connectivity index (χ0) is 26.3. The second kappa shape index (κ2) is 10.5. The number of halogens is 1. The van der Waals surface area contributed by atoms with Gasteiger partial charge in [0.25, 0.3) is 5.91 Å². The quantitative estimate of drug-likeness (QED) is 0.282. The topological polar surface area (TPSA) is 79.8 Å². The fourth-order valence-corrected chi connectivity index (χ4v) is 7.93. The van der Waals surface area contributed by atoms with Gasteiger partial charge in [-0.1, -0.05) is 51.5 Å². The van der Waals surface area contributed by atoms with E-state index < -0.39 is 10.0 Å². The maximum Gasteiger partial charge on any atom is 0.260 e. The van der Waals surface area contributed by atoms with Crippen LogP contribution in [0.15, 0.2) is 76.1 Å². The molecule has 3 aromatic carbocycles. The van der Waals surface area contributed by atoms with Crippen LogP contribution in [0.2, 0.25) is 0 Å². The van der Waals surface area contributed by atoms with Crippen LogP contribution in [0.1, 0.15) is 34.3 Å². The highest BCUT2D eigenvalue weighted by atomic mass is 79.9. The highest BCUT2D eigenvalue weighted by Gasteiger charge is 2.30. The second-order valence-corrected chi connectivity index (χ2v) is 13.4. The van der Waals surface area contributed by atoms with Gasteiger partial charge < -0.3 is 4.74 Å². The molecule has 6 rings (SSSR count). The zero-order valence-corrected chi connectivity index (χ0v) is 23.8. The van der Waals surface area contributed by atoms with Crippen LogP contribution >= 0.6 is 27.3 Å². The summed E-state index contributed by atoms with van der Waals surface area (Å²) >= 11 is 4.95. The number of carbonyl (C=O) groups excluding carboxylic acids is 1. The van der Waals surface area contributed by atoms with Gasteiger partial charge in [-0.25, -0.2) is 13.4 Å². The number of fused-ring (bicyclic) bond motifs is 2. The minimum Gasteiger partial charge on any atom is -0.376 e. The summed E-state index contributed by atoms with van der Waals surface area (Å²) < 4.78 is 36.1. The number of ether oxygens (including phenoxy) is 1. The SMILES string of the molecule is O=C(c1ccc(S(=O)(=O)N2CCc3ccccc3C2)cc1)N(CC1CCCO1)c1nc2ccc(Br)cc2s1. The van der Waals surface area contributed by atoms with Gasteiger partial charge in [-0.15, -0.1) is 0 Å². The van der Waals surface area contributed by atoms with Crippen LogP contribution in [0.5, 0.6) is 0 Å². The number of aromatic nitrogens is 1. The first-order valence-electron chi connectivity index (χ1n) is 12.5. The molecule has 0 saturated carbocycles. The van der Waals surface area contributed by atoms with E-state index in [1.54, 1.807) is 17.0 Å². The molecule has 196 valence electrons. The molecule has 4 aromatic rings. The standard InChI is InChI=1S/C28H26BrN3O4S2/c29-22-9-12-25-26(16-22)37-28(30-25)32(18-23-6-3-15-36-23)27(33)20-7-10-24(11-8-20)38(34,35)31-14-13-19-4-1-2-5-21(19)17-31/h1-2,4-5,7-12,16,23H,3,6,13-15,17-18H2. The third-order valence-electron chi connectivity index (χ3n) is 7.06. The number of rotatable bonds is 6. The van der Waals surface area contributed by atoms with Crippen molar-refractivity contribution in [1.82, 2.24) is 9.29 Å². The Kier molecular flexibility index (Phi) is 7.09. The number of thiazole rings is 1. The van der Waals surface area contributed by atoms with Gasteiger partial charge in [-0.2, -0.15) is 4.31 Å². The largest absolute Gasteiger partial charge is 0.376 e. The van der Waals surface area contributed by atoms with Crippen molar-refractivity contribution in [2.45, 2.75) is 36.8 Å². The van der Waals surface area contributed by atoms with Gasteiger partial charge in [0.1, 0.15) is 0 Å². The molecule has 1 fully saturated rings. The molecule has 1 saturated heterocycles. The van der Waals surface area contributed by atoms with Crippen molar-refractivity contribution in [3.63, 3.8) is 0 Å². The van der Waals surface area contributed by atoms with E-state index in [0.29, 0.717) is 43.4 Å². The predicted molar refractivity (Wildman–Crippen MR) is 152 cm³/mol. The molecule has 1 aromatic heterocycles. The first kappa shape index (κ1) is 25.6. The Bertz CT molecular complexity index is 1600. The molecule has 0 radical (unpaired) electrons. The van der Waals surface area contributed by atoms with Crippen LogP contribution in [0.4, 0.5) is 5.13 Å². The lowest BCUT2D eigenvalue weighted by Crippen LogP contribution is -2.37. The minimum absolute atomic E-state index is 0.0562. The monoisotopic (exact) mass is 611 g/mol. The van der Waals surface area contributed by atoms with Crippen LogP contribution in [0.25, 0.3) is 10.2 Å². The molecule has 0 spiro atoms. The van der Waals surface area contributed by atoms with Crippen LogP contribution in [0.3, 0.4) is 0 Å². The van der Waals surface area contributed by atoms with Gasteiger partial charge in [0.05, 0.1) is 27.8 Å². The van der Waals surface area contributed by atoms with Crippen molar-refractivity contribution in [3.8, 4) is 0 Å². The predicted octanol–water partition coefficient (Wildman–Crippen LogP) is 5.63. The van der Waals surface area contributed by atoms with E-state index in [1.165, 1.54) is 33.3 Å². The van der Waals surface area contributed by atoms with Crippen molar-refractivity contribution in [2.75, 3.05) is 24.6 Å². The molecule has 7 nitrogen and oxygen atoms in total. The molecule has 0 bridgehead atoms. The van der Waals surface area contributed by atoms with Crippen LogP contribution in [-0.4, -0.2) is 49.4 Å². The lowest BCUT2D eigenvalue weighted by Gasteiger charge is -2.28. The van der Waals surface area contributed by atoms with Crippen LogP contribution in [0, 0.1) is 0 Å². The molecule has 2 aliphatic rings. The van der Waals surface area contributed by atoms with E-state index >= 15 is 0 Å². The molecular formula is C28H26BrN3O4S2. The maximum absolute atomic E-state index is 13.7. The van der Waals surface area contributed by atoms with Gasteiger partial charge in [0, 0.05) is 29.7 Å². The van der Waals surface area contributed by atoms with Gasteiger partial charge in [-0.05, 0) is 72.9 Å². The van der Waals surface area contributed by atoms with E-state index in [0.717, 1.165) is 33.1 Å². The molecule has 0 aliphatic carbocycles. The first-order chi connectivity index (χ1) is 18.4. The Hall–Kier alpha value is -2.63. The summed E-state index contributed by atoms with van der Waals surface area (Å²) in [5, 5.41) is 0.599. The van der Waals surface area contributed by atoms with E-state index in [4.69, 9.17) is 9.72 Å². The van der Waals surface area contributed by atoms with Crippen molar-refractivity contribution in [2.24, 2.45) is 0 Å². The Labute approximate surface area is 234 Å². The van der Waals surface area contributed by atoms with Crippen molar-refractivity contribution >= 4 is 58.5 Å². The second-order valence-electron chi connectivity index (χ2n) is 9.54. The number of amides is 1. The number of nitrogens with zero attached hydrogens (tertiary/aromatic N) is 3. The summed E-state index contributed by atoms with van der Waals surface area (Å²) in [7, 11) is -3.69. The summed E-state index contributed by atoms with van der Waals surface area (Å²) in [6, 6.07) is 20.0. The highest BCUT2D eigenvalue weighted by Crippen LogP contribution is 2.33.